The van der Waals surface area contributed by atoms with Gasteiger partial charge < -0.3 is 9.64 Å². The first-order valence-corrected chi connectivity index (χ1v) is 5.52. The van der Waals surface area contributed by atoms with Gasteiger partial charge >= 0.3 is 5.69 Å². The number of nitrogens with zero attached hydrogens (tertiary/aromatic N) is 2. The fourth-order valence-corrected chi connectivity index (χ4v) is 1.34. The molecule has 0 N–H and O–H groups in total. The van der Waals surface area contributed by atoms with Crippen molar-refractivity contribution in [3.63, 3.8) is 0 Å². The summed E-state index contributed by atoms with van der Waals surface area (Å²) < 4.78 is 5.21. The molecule has 0 spiro atoms. The van der Waals surface area contributed by atoms with E-state index in [0.29, 0.717) is 6.29 Å². The molecule has 1 rings (SSSR count). The molecule has 102 valence electrons. The van der Waals surface area contributed by atoms with Gasteiger partial charge in [0.25, 0.3) is 0 Å². The Kier molecular flexibility index (Phi) is 4.99. The van der Waals surface area contributed by atoms with E-state index in [9.17, 15) is 19.7 Å². The first-order valence-electron chi connectivity index (χ1n) is 5.52. The molecule has 0 atom stereocenters. The van der Waals surface area contributed by atoms with Gasteiger partial charge in [0, 0.05) is 25.7 Å². The van der Waals surface area contributed by atoms with E-state index in [0.717, 1.165) is 0 Å². The van der Waals surface area contributed by atoms with Crippen LogP contribution in [0.4, 0.5) is 5.69 Å². The van der Waals surface area contributed by atoms with Crippen molar-refractivity contribution in [2.75, 3.05) is 20.7 Å². The zero-order valence-corrected chi connectivity index (χ0v) is 10.7. The van der Waals surface area contributed by atoms with E-state index in [2.05, 4.69) is 0 Å². The summed E-state index contributed by atoms with van der Waals surface area (Å²) in [6.45, 7) is 0.0141. The number of nitro groups is 1. The van der Waals surface area contributed by atoms with Crippen molar-refractivity contribution in [3.8, 4) is 5.75 Å². The fourth-order valence-electron chi connectivity index (χ4n) is 1.34. The van der Waals surface area contributed by atoms with E-state index in [1.165, 1.54) is 23.1 Å². The first kappa shape index (κ1) is 14.6. The van der Waals surface area contributed by atoms with E-state index in [-0.39, 0.29) is 35.9 Å². The molecule has 0 aliphatic rings. The third-order valence-electron chi connectivity index (χ3n) is 2.39. The number of rotatable bonds is 6. The second-order valence-corrected chi connectivity index (χ2v) is 3.99. The van der Waals surface area contributed by atoms with Gasteiger partial charge in [-0.3, -0.25) is 19.7 Å². The summed E-state index contributed by atoms with van der Waals surface area (Å²) >= 11 is 0. The summed E-state index contributed by atoms with van der Waals surface area (Å²) in [6, 6.07) is 3.82. The Morgan fingerprint density at radius 1 is 1.47 bits per heavy atom. The molecular formula is C12H14N2O5. The van der Waals surface area contributed by atoms with Gasteiger partial charge in [-0.15, -0.1) is 0 Å². The molecule has 0 unspecified atom stereocenters. The second kappa shape index (κ2) is 6.48. The Balaban J connectivity index is 2.78. The highest BCUT2D eigenvalue weighted by atomic mass is 16.6. The van der Waals surface area contributed by atoms with Gasteiger partial charge in [0.15, 0.2) is 5.75 Å². The maximum Gasteiger partial charge on any atom is 0.310 e. The molecule has 19 heavy (non-hydrogen) atoms. The van der Waals surface area contributed by atoms with E-state index >= 15 is 0 Å². The molecular weight excluding hydrogens is 252 g/mol. The Bertz CT molecular complexity index is 499. The van der Waals surface area contributed by atoms with E-state index < -0.39 is 4.92 Å². The van der Waals surface area contributed by atoms with Crippen molar-refractivity contribution in [1.29, 1.82) is 0 Å². The largest absolute Gasteiger partial charge is 0.486 e. The molecule has 0 saturated carbocycles. The van der Waals surface area contributed by atoms with Crippen molar-refractivity contribution >= 4 is 17.9 Å². The van der Waals surface area contributed by atoms with Gasteiger partial charge in [0.05, 0.1) is 18.0 Å². The average Bonchev–Trinajstić information content (AvgIpc) is 2.37. The van der Waals surface area contributed by atoms with Gasteiger partial charge in [0.1, 0.15) is 6.29 Å². The number of carbonyl (C=O) groups is 2. The molecule has 0 fully saturated rings. The van der Waals surface area contributed by atoms with Crippen LogP contribution in [0.15, 0.2) is 18.2 Å². The zero-order valence-electron chi connectivity index (χ0n) is 10.7. The van der Waals surface area contributed by atoms with Crippen LogP contribution in [0.5, 0.6) is 5.75 Å². The van der Waals surface area contributed by atoms with Crippen molar-refractivity contribution in [2.45, 2.75) is 6.42 Å². The number of hydrogen-bond donors (Lipinski definition) is 0. The van der Waals surface area contributed by atoms with Crippen LogP contribution in [0.2, 0.25) is 0 Å². The smallest absolute Gasteiger partial charge is 0.310 e. The summed E-state index contributed by atoms with van der Waals surface area (Å²) in [5.74, 6) is -0.157. The lowest BCUT2D eigenvalue weighted by Gasteiger charge is -2.11. The van der Waals surface area contributed by atoms with Gasteiger partial charge in [-0.25, -0.2) is 0 Å². The van der Waals surface area contributed by atoms with Gasteiger partial charge in [-0.1, -0.05) is 0 Å². The number of carbonyl (C=O) groups excluding carboxylic acids is 2. The quantitative estimate of drug-likeness (QED) is 0.439. The fraction of sp³-hybridized carbons (Fsp3) is 0.333. The SMILES string of the molecule is CN(C)C(=O)CCOc1cc(C=O)ccc1[N+](=O)[O-]. The molecule has 1 aromatic rings. The summed E-state index contributed by atoms with van der Waals surface area (Å²) in [7, 11) is 3.22. The third-order valence-corrected chi connectivity index (χ3v) is 2.39. The van der Waals surface area contributed by atoms with Crippen molar-refractivity contribution < 1.29 is 19.2 Å². The minimum Gasteiger partial charge on any atom is -0.486 e. The molecule has 0 aliphatic heterocycles. The maximum absolute atomic E-state index is 11.3. The van der Waals surface area contributed by atoms with Crippen LogP contribution in [0.3, 0.4) is 0 Å². The topological polar surface area (TPSA) is 89.8 Å². The monoisotopic (exact) mass is 266 g/mol. The Hall–Kier alpha value is -2.44. The van der Waals surface area contributed by atoms with E-state index in [1.54, 1.807) is 14.1 Å². The van der Waals surface area contributed by atoms with Crippen molar-refractivity contribution in [1.82, 2.24) is 4.90 Å². The third kappa shape index (κ3) is 4.06. The molecule has 7 nitrogen and oxygen atoms in total. The van der Waals surface area contributed by atoms with Crippen LogP contribution in [-0.2, 0) is 4.79 Å². The zero-order chi connectivity index (χ0) is 14.4. The van der Waals surface area contributed by atoms with Crippen LogP contribution < -0.4 is 4.74 Å². The summed E-state index contributed by atoms with van der Waals surface area (Å²) in [4.78, 5) is 33.5. The Morgan fingerprint density at radius 3 is 2.68 bits per heavy atom. The molecule has 1 amide bonds. The normalized spacial score (nSPS) is 9.79. The van der Waals surface area contributed by atoms with Crippen LogP contribution in [-0.4, -0.2) is 42.7 Å². The lowest BCUT2D eigenvalue weighted by molar-refractivity contribution is -0.385. The highest BCUT2D eigenvalue weighted by Crippen LogP contribution is 2.27. The van der Waals surface area contributed by atoms with Gasteiger partial charge in [-0.2, -0.15) is 0 Å². The summed E-state index contributed by atoms with van der Waals surface area (Å²) in [5.41, 5.74) is 0.0439. The first-order chi connectivity index (χ1) is 8.95. The minimum atomic E-state index is -0.600. The van der Waals surface area contributed by atoms with Gasteiger partial charge in [-0.05, 0) is 12.1 Å². The number of ether oxygens (including phenoxy) is 1. The van der Waals surface area contributed by atoms with E-state index in [4.69, 9.17) is 4.74 Å². The molecule has 0 heterocycles. The molecule has 0 aromatic heterocycles. The standard InChI is InChI=1S/C12H14N2O5/c1-13(2)12(16)5-6-19-11-7-9(8-15)3-4-10(11)14(17)18/h3-4,7-8H,5-6H2,1-2H3. The maximum atomic E-state index is 11.3. The molecule has 7 heteroatoms. The summed E-state index contributed by atoms with van der Waals surface area (Å²) in [6.07, 6.45) is 0.678. The Labute approximate surface area is 109 Å². The highest BCUT2D eigenvalue weighted by molar-refractivity contribution is 5.77. The number of nitro benzene ring substituents is 1. The molecule has 0 radical (unpaired) electrons. The number of benzene rings is 1. The van der Waals surface area contributed by atoms with E-state index in [1.807, 2.05) is 0 Å². The molecule has 0 aliphatic carbocycles. The van der Waals surface area contributed by atoms with Gasteiger partial charge in [0.2, 0.25) is 5.91 Å². The highest BCUT2D eigenvalue weighted by Gasteiger charge is 2.16. The predicted octanol–water partition coefficient (Wildman–Crippen LogP) is 1.26. The van der Waals surface area contributed by atoms with Crippen LogP contribution in [0, 0.1) is 10.1 Å². The van der Waals surface area contributed by atoms with Crippen molar-refractivity contribution in [3.05, 3.63) is 33.9 Å². The number of amides is 1. The second-order valence-electron chi connectivity index (χ2n) is 3.99. The molecule has 0 bridgehead atoms. The van der Waals surface area contributed by atoms with Crippen LogP contribution in [0.25, 0.3) is 0 Å². The average molecular weight is 266 g/mol. The van der Waals surface area contributed by atoms with Crippen LogP contribution >= 0.6 is 0 Å². The Morgan fingerprint density at radius 2 is 2.16 bits per heavy atom. The minimum absolute atomic E-state index is 0.0128. The van der Waals surface area contributed by atoms with Crippen molar-refractivity contribution in [2.24, 2.45) is 0 Å². The summed E-state index contributed by atoms with van der Waals surface area (Å²) in [5, 5.41) is 10.8. The molecule has 1 aromatic carbocycles. The lowest BCUT2D eigenvalue weighted by atomic mass is 10.2. The van der Waals surface area contributed by atoms with Crippen LogP contribution in [0.1, 0.15) is 16.8 Å². The predicted molar refractivity (Wildman–Crippen MR) is 67.3 cm³/mol. The number of hydrogen-bond acceptors (Lipinski definition) is 5. The number of aldehydes is 1. The lowest BCUT2D eigenvalue weighted by Crippen LogP contribution is -2.23. The molecule has 0 saturated heterocycles.